The van der Waals surface area contributed by atoms with Crippen LogP contribution in [-0.2, 0) is 6.42 Å². The average Bonchev–Trinajstić information content (AvgIpc) is 3.26. The van der Waals surface area contributed by atoms with Gasteiger partial charge in [-0.25, -0.2) is 4.79 Å². The Labute approximate surface area is 193 Å². The molecular weight excluding hydrogens is 408 g/mol. The zero-order valence-electron chi connectivity index (χ0n) is 18.9. The highest BCUT2D eigenvalue weighted by Gasteiger charge is 2.27. The lowest BCUT2D eigenvalue weighted by molar-refractivity contribution is 0.414. The summed E-state index contributed by atoms with van der Waals surface area (Å²) < 4.78 is 10.7. The van der Waals surface area contributed by atoms with Gasteiger partial charge in [-0.05, 0) is 59.7 Å². The lowest BCUT2D eigenvalue weighted by atomic mass is 9.81. The predicted molar refractivity (Wildman–Crippen MR) is 134 cm³/mol. The summed E-state index contributed by atoms with van der Waals surface area (Å²) in [6.07, 6.45) is 6.13. The van der Waals surface area contributed by atoms with Crippen molar-refractivity contribution in [3.05, 3.63) is 129 Å². The van der Waals surface area contributed by atoms with Gasteiger partial charge in [-0.15, -0.1) is 0 Å². The van der Waals surface area contributed by atoms with Crippen LogP contribution in [0.2, 0.25) is 0 Å². The van der Waals surface area contributed by atoms with Crippen LogP contribution in [0.5, 0.6) is 5.75 Å². The first-order valence-corrected chi connectivity index (χ1v) is 11.3. The number of ether oxygens (including phenoxy) is 1. The molecule has 1 heterocycles. The maximum Gasteiger partial charge on any atom is 0.336 e. The topological polar surface area (TPSA) is 39.4 Å². The van der Waals surface area contributed by atoms with Crippen molar-refractivity contribution in [1.82, 2.24) is 0 Å². The van der Waals surface area contributed by atoms with E-state index in [4.69, 9.17) is 9.15 Å². The SMILES string of the molecule is COc1ccc2c(CCC3=CC=C(c4ccccc4)C3c3ccccc3C)cc(=O)oc2c1. The third kappa shape index (κ3) is 4.14. The van der Waals surface area contributed by atoms with Gasteiger partial charge < -0.3 is 9.15 Å². The molecule has 4 aromatic rings. The zero-order valence-corrected chi connectivity index (χ0v) is 18.9. The number of rotatable bonds is 6. The van der Waals surface area contributed by atoms with E-state index in [9.17, 15) is 4.79 Å². The highest BCUT2D eigenvalue weighted by molar-refractivity contribution is 5.82. The highest BCUT2D eigenvalue weighted by Crippen LogP contribution is 2.44. The molecule has 0 aliphatic heterocycles. The smallest absolute Gasteiger partial charge is 0.336 e. The minimum Gasteiger partial charge on any atom is -0.497 e. The summed E-state index contributed by atoms with van der Waals surface area (Å²) in [7, 11) is 1.61. The van der Waals surface area contributed by atoms with Crippen LogP contribution >= 0.6 is 0 Å². The van der Waals surface area contributed by atoms with Crippen LogP contribution in [0.15, 0.2) is 106 Å². The second-order valence-corrected chi connectivity index (χ2v) is 8.47. The van der Waals surface area contributed by atoms with Crippen molar-refractivity contribution in [3.63, 3.8) is 0 Å². The maximum atomic E-state index is 12.2. The lowest BCUT2D eigenvalue weighted by Crippen LogP contribution is -2.07. The molecule has 0 fully saturated rings. The summed E-state index contributed by atoms with van der Waals surface area (Å²) >= 11 is 0. The van der Waals surface area contributed by atoms with Gasteiger partial charge in [0.15, 0.2) is 0 Å². The van der Waals surface area contributed by atoms with Crippen LogP contribution < -0.4 is 10.4 Å². The fraction of sp³-hybridized carbons (Fsp3) is 0.167. The summed E-state index contributed by atoms with van der Waals surface area (Å²) in [5, 5.41) is 0.956. The number of hydrogen-bond acceptors (Lipinski definition) is 3. The van der Waals surface area contributed by atoms with E-state index in [1.54, 1.807) is 19.2 Å². The largest absolute Gasteiger partial charge is 0.497 e. The fourth-order valence-electron chi connectivity index (χ4n) is 4.81. The van der Waals surface area contributed by atoms with Crippen molar-refractivity contribution in [1.29, 1.82) is 0 Å². The first kappa shape index (κ1) is 21.0. The summed E-state index contributed by atoms with van der Waals surface area (Å²) in [5.41, 5.74) is 7.78. The number of hydrogen-bond donors (Lipinski definition) is 0. The van der Waals surface area contributed by atoms with E-state index in [0.29, 0.717) is 11.3 Å². The van der Waals surface area contributed by atoms with Crippen LogP contribution in [0.1, 0.15) is 34.6 Å². The molecule has 1 aliphatic rings. The predicted octanol–water partition coefficient (Wildman–Crippen LogP) is 6.85. The fourth-order valence-corrected chi connectivity index (χ4v) is 4.81. The van der Waals surface area contributed by atoms with Crippen molar-refractivity contribution in [2.24, 2.45) is 0 Å². The van der Waals surface area contributed by atoms with Gasteiger partial charge in [-0.1, -0.05) is 72.3 Å². The number of aryl methyl sites for hydroxylation is 2. The monoisotopic (exact) mass is 434 g/mol. The molecule has 0 saturated heterocycles. The molecule has 1 aromatic heterocycles. The van der Waals surface area contributed by atoms with Gasteiger partial charge in [0.25, 0.3) is 0 Å². The molecule has 1 aliphatic carbocycles. The van der Waals surface area contributed by atoms with Crippen LogP contribution in [0.4, 0.5) is 0 Å². The van der Waals surface area contributed by atoms with Crippen molar-refractivity contribution in [2.75, 3.05) is 7.11 Å². The number of fused-ring (bicyclic) bond motifs is 1. The van der Waals surface area contributed by atoms with Gasteiger partial charge in [0.2, 0.25) is 0 Å². The molecule has 3 heteroatoms. The molecule has 3 nitrogen and oxygen atoms in total. The summed E-state index contributed by atoms with van der Waals surface area (Å²) in [4.78, 5) is 12.2. The molecule has 3 aromatic carbocycles. The van der Waals surface area contributed by atoms with Crippen molar-refractivity contribution >= 4 is 16.5 Å². The Hall–Kier alpha value is -3.85. The number of methoxy groups -OCH3 is 1. The standard InChI is InChI=1S/C30H26O3/c1-20-8-6-7-11-25(20)30-22(14-16-27(30)21-9-4-3-5-10-21)12-13-23-18-29(31)33-28-19-24(32-2)15-17-26(23)28/h3-11,14-19,30H,12-13H2,1-2H3. The molecule has 164 valence electrons. The van der Waals surface area contributed by atoms with E-state index in [1.165, 1.54) is 27.8 Å². The first-order valence-electron chi connectivity index (χ1n) is 11.3. The molecule has 5 rings (SSSR count). The van der Waals surface area contributed by atoms with Crippen molar-refractivity contribution in [3.8, 4) is 5.75 Å². The van der Waals surface area contributed by atoms with Gasteiger partial charge >= 0.3 is 5.63 Å². The van der Waals surface area contributed by atoms with Gasteiger partial charge in [0, 0.05) is 23.4 Å². The van der Waals surface area contributed by atoms with Gasteiger partial charge in [0.05, 0.1) is 7.11 Å². The quantitative estimate of drug-likeness (QED) is 0.312. The molecule has 33 heavy (non-hydrogen) atoms. The van der Waals surface area contributed by atoms with Gasteiger partial charge in [0.1, 0.15) is 11.3 Å². The Morgan fingerprint density at radius 1 is 0.879 bits per heavy atom. The van der Waals surface area contributed by atoms with E-state index in [1.807, 2.05) is 12.1 Å². The molecule has 0 radical (unpaired) electrons. The third-order valence-corrected chi connectivity index (χ3v) is 6.49. The van der Waals surface area contributed by atoms with Crippen molar-refractivity contribution in [2.45, 2.75) is 25.7 Å². The van der Waals surface area contributed by atoms with Crippen LogP contribution in [0, 0.1) is 6.92 Å². The lowest BCUT2D eigenvalue weighted by Gasteiger charge is -2.23. The molecule has 0 saturated carbocycles. The van der Waals surface area contributed by atoms with Crippen LogP contribution in [-0.4, -0.2) is 7.11 Å². The Morgan fingerprint density at radius 3 is 2.45 bits per heavy atom. The number of allylic oxidation sites excluding steroid dienone is 4. The van der Waals surface area contributed by atoms with E-state index in [2.05, 4.69) is 73.7 Å². The third-order valence-electron chi connectivity index (χ3n) is 6.49. The zero-order chi connectivity index (χ0) is 22.8. The van der Waals surface area contributed by atoms with E-state index in [0.717, 1.165) is 23.8 Å². The van der Waals surface area contributed by atoms with E-state index in [-0.39, 0.29) is 11.5 Å². The van der Waals surface area contributed by atoms with Crippen LogP contribution in [0.3, 0.4) is 0 Å². The Balaban J connectivity index is 1.48. The second-order valence-electron chi connectivity index (χ2n) is 8.47. The first-order chi connectivity index (χ1) is 16.1. The summed E-state index contributed by atoms with van der Waals surface area (Å²) in [6, 6.07) is 26.5. The highest BCUT2D eigenvalue weighted by atomic mass is 16.5. The number of benzene rings is 3. The van der Waals surface area contributed by atoms with E-state index < -0.39 is 0 Å². The molecular formula is C30H26O3. The van der Waals surface area contributed by atoms with Crippen LogP contribution in [0.25, 0.3) is 16.5 Å². The van der Waals surface area contributed by atoms with Crippen molar-refractivity contribution < 1.29 is 9.15 Å². The molecule has 1 unspecified atom stereocenters. The minimum absolute atomic E-state index is 0.208. The van der Waals surface area contributed by atoms with E-state index >= 15 is 0 Å². The molecule has 0 N–H and O–H groups in total. The normalized spacial score (nSPS) is 15.4. The Morgan fingerprint density at radius 2 is 1.67 bits per heavy atom. The second kappa shape index (κ2) is 8.95. The van der Waals surface area contributed by atoms with Gasteiger partial charge in [-0.3, -0.25) is 0 Å². The minimum atomic E-state index is -0.329. The summed E-state index contributed by atoms with van der Waals surface area (Å²) in [6.45, 7) is 2.18. The molecule has 0 spiro atoms. The average molecular weight is 435 g/mol. The molecule has 0 bridgehead atoms. The molecule has 1 atom stereocenters. The summed E-state index contributed by atoms with van der Waals surface area (Å²) in [5.74, 6) is 0.887. The van der Waals surface area contributed by atoms with Gasteiger partial charge in [-0.2, -0.15) is 0 Å². The Bertz CT molecular complexity index is 1420. The molecule has 0 amide bonds. The Kier molecular flexibility index (Phi) is 5.70. The maximum absolute atomic E-state index is 12.2.